The highest BCUT2D eigenvalue weighted by atomic mass is 35.5. The van der Waals surface area contributed by atoms with Gasteiger partial charge in [-0.2, -0.15) is 0 Å². The van der Waals surface area contributed by atoms with E-state index in [2.05, 4.69) is 44.3 Å². The average Bonchev–Trinajstić information content (AvgIpc) is 2.45. The molecule has 0 spiro atoms. The van der Waals surface area contributed by atoms with Crippen molar-refractivity contribution in [2.45, 2.75) is 77.7 Å². The van der Waals surface area contributed by atoms with Gasteiger partial charge in [0.05, 0.1) is 0 Å². The SMILES string of the molecule is CCCCCCCCC(CNC(C)C)c1cccc(Cl)c1. The summed E-state index contributed by atoms with van der Waals surface area (Å²) in [6.45, 7) is 7.74. The van der Waals surface area contributed by atoms with Crippen molar-refractivity contribution >= 4 is 11.6 Å². The third kappa shape index (κ3) is 8.48. The summed E-state index contributed by atoms with van der Waals surface area (Å²) >= 11 is 6.15. The molecule has 0 radical (unpaired) electrons. The van der Waals surface area contributed by atoms with Crippen LogP contribution in [0.3, 0.4) is 0 Å². The van der Waals surface area contributed by atoms with E-state index in [1.165, 1.54) is 50.5 Å². The van der Waals surface area contributed by atoms with E-state index in [-0.39, 0.29) is 0 Å². The van der Waals surface area contributed by atoms with Crippen LogP contribution in [0.4, 0.5) is 0 Å². The van der Waals surface area contributed by atoms with E-state index >= 15 is 0 Å². The topological polar surface area (TPSA) is 12.0 Å². The summed E-state index contributed by atoms with van der Waals surface area (Å²) in [6, 6.07) is 8.92. The Morgan fingerprint density at radius 1 is 1.05 bits per heavy atom. The lowest BCUT2D eigenvalue weighted by Gasteiger charge is -2.20. The third-order valence-corrected chi connectivity index (χ3v) is 4.23. The van der Waals surface area contributed by atoms with E-state index < -0.39 is 0 Å². The van der Waals surface area contributed by atoms with Gasteiger partial charge in [0.2, 0.25) is 0 Å². The van der Waals surface area contributed by atoms with Gasteiger partial charge in [-0.05, 0) is 30.0 Å². The maximum atomic E-state index is 6.15. The molecule has 0 aliphatic carbocycles. The van der Waals surface area contributed by atoms with Crippen LogP contribution >= 0.6 is 11.6 Å². The molecule has 0 bridgehead atoms. The van der Waals surface area contributed by atoms with Gasteiger partial charge in [0.15, 0.2) is 0 Å². The van der Waals surface area contributed by atoms with Gasteiger partial charge in [-0.3, -0.25) is 0 Å². The van der Waals surface area contributed by atoms with Crippen LogP contribution in [0.25, 0.3) is 0 Å². The number of unbranched alkanes of at least 4 members (excludes halogenated alkanes) is 5. The Hall–Kier alpha value is -0.530. The minimum atomic E-state index is 0.538. The van der Waals surface area contributed by atoms with E-state index in [0.717, 1.165) is 11.6 Å². The minimum Gasteiger partial charge on any atom is -0.314 e. The van der Waals surface area contributed by atoms with E-state index in [1.807, 2.05) is 6.07 Å². The van der Waals surface area contributed by atoms with Crippen LogP contribution in [0.1, 0.15) is 77.2 Å². The second-order valence-corrected chi connectivity index (χ2v) is 6.81. The molecular weight excluding hydrogens is 278 g/mol. The molecular formula is C19H32ClN. The molecule has 1 aromatic rings. The molecule has 1 rings (SSSR count). The number of rotatable bonds is 11. The van der Waals surface area contributed by atoms with Gasteiger partial charge >= 0.3 is 0 Å². The quantitative estimate of drug-likeness (QED) is 0.482. The molecule has 0 aliphatic rings. The van der Waals surface area contributed by atoms with Crippen LogP contribution in [0.2, 0.25) is 5.02 Å². The number of halogens is 1. The second-order valence-electron chi connectivity index (χ2n) is 6.37. The summed E-state index contributed by atoms with van der Waals surface area (Å²) in [5, 5.41) is 4.43. The van der Waals surface area contributed by atoms with E-state index in [9.17, 15) is 0 Å². The van der Waals surface area contributed by atoms with Gasteiger partial charge in [0.1, 0.15) is 0 Å². The molecule has 0 saturated heterocycles. The summed E-state index contributed by atoms with van der Waals surface area (Å²) < 4.78 is 0. The van der Waals surface area contributed by atoms with Crippen LogP contribution < -0.4 is 5.32 Å². The van der Waals surface area contributed by atoms with Crippen LogP contribution in [0, 0.1) is 0 Å². The number of benzene rings is 1. The van der Waals surface area contributed by atoms with Crippen LogP contribution in [0.15, 0.2) is 24.3 Å². The fourth-order valence-corrected chi connectivity index (χ4v) is 2.89. The summed E-state index contributed by atoms with van der Waals surface area (Å²) in [7, 11) is 0. The molecule has 0 heterocycles. The summed E-state index contributed by atoms with van der Waals surface area (Å²) in [5.41, 5.74) is 1.38. The predicted molar refractivity (Wildman–Crippen MR) is 95.3 cm³/mol. The fourth-order valence-electron chi connectivity index (χ4n) is 2.70. The number of hydrogen-bond donors (Lipinski definition) is 1. The predicted octanol–water partition coefficient (Wildman–Crippen LogP) is 6.17. The van der Waals surface area contributed by atoms with Crippen molar-refractivity contribution in [2.75, 3.05) is 6.54 Å². The summed E-state index contributed by atoms with van der Waals surface area (Å²) in [5.74, 6) is 0.581. The van der Waals surface area contributed by atoms with Gasteiger partial charge < -0.3 is 5.32 Å². The fraction of sp³-hybridized carbons (Fsp3) is 0.684. The van der Waals surface area contributed by atoms with E-state index in [1.54, 1.807) is 0 Å². The van der Waals surface area contributed by atoms with Crippen LogP contribution in [-0.4, -0.2) is 12.6 Å². The normalized spacial score (nSPS) is 12.8. The van der Waals surface area contributed by atoms with Crippen molar-refractivity contribution in [3.8, 4) is 0 Å². The van der Waals surface area contributed by atoms with Crippen molar-refractivity contribution in [3.63, 3.8) is 0 Å². The number of nitrogens with one attached hydrogen (secondary N) is 1. The van der Waals surface area contributed by atoms with Crippen molar-refractivity contribution < 1.29 is 0 Å². The lowest BCUT2D eigenvalue weighted by atomic mass is 9.92. The molecule has 1 unspecified atom stereocenters. The van der Waals surface area contributed by atoms with Crippen LogP contribution in [0.5, 0.6) is 0 Å². The standard InChI is InChI=1S/C19H32ClN/c1-4-5-6-7-8-9-11-18(15-21-16(2)3)17-12-10-13-19(20)14-17/h10,12-14,16,18,21H,4-9,11,15H2,1-3H3. The molecule has 0 aliphatic heterocycles. The highest BCUT2D eigenvalue weighted by molar-refractivity contribution is 6.30. The largest absolute Gasteiger partial charge is 0.314 e. The Kier molecular flexibility index (Phi) is 9.78. The Morgan fingerprint density at radius 2 is 1.76 bits per heavy atom. The van der Waals surface area contributed by atoms with Crippen molar-refractivity contribution in [1.29, 1.82) is 0 Å². The molecule has 1 N–H and O–H groups in total. The molecule has 1 nitrogen and oxygen atoms in total. The van der Waals surface area contributed by atoms with Gasteiger partial charge in [0.25, 0.3) is 0 Å². The van der Waals surface area contributed by atoms with Gasteiger partial charge in [-0.1, -0.05) is 83.0 Å². The first-order valence-corrected chi connectivity index (χ1v) is 9.00. The van der Waals surface area contributed by atoms with E-state index in [4.69, 9.17) is 11.6 Å². The van der Waals surface area contributed by atoms with E-state index in [0.29, 0.717) is 12.0 Å². The third-order valence-electron chi connectivity index (χ3n) is 4.00. The molecule has 1 aromatic carbocycles. The Labute approximate surface area is 136 Å². The average molecular weight is 310 g/mol. The molecule has 0 saturated carbocycles. The molecule has 0 fully saturated rings. The van der Waals surface area contributed by atoms with Gasteiger partial charge in [-0.25, -0.2) is 0 Å². The Morgan fingerprint density at radius 3 is 2.43 bits per heavy atom. The van der Waals surface area contributed by atoms with Crippen LogP contribution in [-0.2, 0) is 0 Å². The Balaban J connectivity index is 2.45. The molecule has 120 valence electrons. The Bertz CT molecular complexity index is 376. The second kappa shape index (κ2) is 11.1. The molecule has 21 heavy (non-hydrogen) atoms. The van der Waals surface area contributed by atoms with Gasteiger partial charge in [0, 0.05) is 17.6 Å². The lowest BCUT2D eigenvalue weighted by molar-refractivity contribution is 0.482. The first-order valence-electron chi connectivity index (χ1n) is 8.62. The zero-order valence-corrected chi connectivity index (χ0v) is 14.8. The smallest absolute Gasteiger partial charge is 0.0408 e. The first-order chi connectivity index (χ1) is 10.1. The molecule has 2 heteroatoms. The maximum Gasteiger partial charge on any atom is 0.0408 e. The monoisotopic (exact) mass is 309 g/mol. The summed E-state index contributed by atoms with van der Waals surface area (Å²) in [4.78, 5) is 0. The summed E-state index contributed by atoms with van der Waals surface area (Å²) in [6.07, 6.45) is 9.41. The van der Waals surface area contributed by atoms with Crippen molar-refractivity contribution in [2.24, 2.45) is 0 Å². The zero-order chi connectivity index (χ0) is 15.5. The number of hydrogen-bond acceptors (Lipinski definition) is 1. The molecule has 0 aromatic heterocycles. The minimum absolute atomic E-state index is 0.538. The van der Waals surface area contributed by atoms with Crippen molar-refractivity contribution in [3.05, 3.63) is 34.9 Å². The zero-order valence-electron chi connectivity index (χ0n) is 14.0. The highest BCUT2D eigenvalue weighted by Gasteiger charge is 2.12. The highest BCUT2D eigenvalue weighted by Crippen LogP contribution is 2.25. The van der Waals surface area contributed by atoms with Gasteiger partial charge in [-0.15, -0.1) is 0 Å². The lowest BCUT2D eigenvalue weighted by Crippen LogP contribution is -2.28. The first kappa shape index (κ1) is 18.5. The maximum absolute atomic E-state index is 6.15. The molecule has 0 amide bonds. The molecule has 1 atom stereocenters. The van der Waals surface area contributed by atoms with Crippen molar-refractivity contribution in [1.82, 2.24) is 5.32 Å².